The second-order valence-corrected chi connectivity index (χ2v) is 4.80. The predicted octanol–water partition coefficient (Wildman–Crippen LogP) is 1.39. The molecular weight excluding hydrogens is 256 g/mol. The van der Waals surface area contributed by atoms with Gasteiger partial charge in [-0.15, -0.1) is 0 Å². The van der Waals surface area contributed by atoms with Crippen molar-refractivity contribution in [1.29, 1.82) is 0 Å². The zero-order chi connectivity index (χ0) is 15.1. The summed E-state index contributed by atoms with van der Waals surface area (Å²) in [7, 11) is 1.46. The van der Waals surface area contributed by atoms with E-state index in [0.717, 1.165) is 12.0 Å². The van der Waals surface area contributed by atoms with Crippen LogP contribution < -0.4 is 11.1 Å². The number of rotatable bonds is 7. The lowest BCUT2D eigenvalue weighted by atomic mass is 9.98. The molecule has 1 rings (SSSR count). The van der Waals surface area contributed by atoms with E-state index in [1.54, 1.807) is 12.1 Å². The van der Waals surface area contributed by atoms with E-state index >= 15 is 0 Å². The first-order chi connectivity index (χ1) is 9.51. The summed E-state index contributed by atoms with van der Waals surface area (Å²) in [4.78, 5) is 23.7. The summed E-state index contributed by atoms with van der Waals surface area (Å²) in [6.07, 6.45) is -0.00115. The molecule has 0 aliphatic carbocycles. The average molecular weight is 278 g/mol. The summed E-state index contributed by atoms with van der Waals surface area (Å²) in [6.45, 7) is 3.82. The molecule has 0 saturated heterocycles. The van der Waals surface area contributed by atoms with Gasteiger partial charge >= 0.3 is 0 Å². The van der Waals surface area contributed by atoms with Crippen LogP contribution >= 0.6 is 0 Å². The van der Waals surface area contributed by atoms with Crippen molar-refractivity contribution in [3.05, 3.63) is 35.9 Å². The maximum atomic E-state index is 12.3. The number of carbonyl (C=O) groups excluding carboxylic acids is 2. The number of carbonyl (C=O) groups is 2. The molecule has 110 valence electrons. The third-order valence-electron chi connectivity index (χ3n) is 3.39. The molecule has 0 aliphatic heterocycles. The van der Waals surface area contributed by atoms with Gasteiger partial charge in [-0.05, 0) is 11.5 Å². The Labute approximate surface area is 119 Å². The van der Waals surface area contributed by atoms with Crippen LogP contribution in [0.2, 0.25) is 0 Å². The smallest absolute Gasteiger partial charge is 0.254 e. The van der Waals surface area contributed by atoms with Gasteiger partial charge in [-0.1, -0.05) is 50.6 Å². The van der Waals surface area contributed by atoms with Crippen LogP contribution in [0.5, 0.6) is 0 Å². The number of hydrogen-bond acceptors (Lipinski definition) is 3. The fraction of sp³-hybridized carbons (Fsp3) is 0.467. The fourth-order valence-electron chi connectivity index (χ4n) is 1.98. The van der Waals surface area contributed by atoms with Crippen LogP contribution in [0.3, 0.4) is 0 Å². The molecule has 20 heavy (non-hydrogen) atoms. The number of nitrogens with one attached hydrogen (secondary N) is 1. The second kappa shape index (κ2) is 7.65. The number of hydrogen-bond donors (Lipinski definition) is 2. The lowest BCUT2D eigenvalue weighted by molar-refractivity contribution is -0.135. The number of amides is 2. The average Bonchev–Trinajstić information content (AvgIpc) is 2.45. The molecule has 0 spiro atoms. The Kier molecular flexibility index (Phi) is 6.18. The molecule has 0 bridgehead atoms. The van der Waals surface area contributed by atoms with Crippen molar-refractivity contribution in [3.8, 4) is 0 Å². The number of methoxy groups -OCH3 is 1. The summed E-state index contributed by atoms with van der Waals surface area (Å²) < 4.78 is 5.23. The van der Waals surface area contributed by atoms with Gasteiger partial charge < -0.3 is 15.8 Å². The first kappa shape index (κ1) is 16.2. The Hall–Kier alpha value is -1.88. The van der Waals surface area contributed by atoms with Gasteiger partial charge in [0.25, 0.3) is 5.91 Å². The molecule has 1 aromatic rings. The molecule has 0 heterocycles. The summed E-state index contributed by atoms with van der Waals surface area (Å²) >= 11 is 0. The minimum absolute atomic E-state index is 0.0234. The van der Waals surface area contributed by atoms with Crippen molar-refractivity contribution in [2.45, 2.75) is 32.4 Å². The minimum atomic E-state index is -0.748. The Morgan fingerprint density at radius 3 is 2.35 bits per heavy atom. The largest absolute Gasteiger partial charge is 0.368 e. The zero-order valence-electron chi connectivity index (χ0n) is 12.1. The molecule has 0 unspecified atom stereocenters. The maximum Gasteiger partial charge on any atom is 0.254 e. The van der Waals surface area contributed by atoms with Gasteiger partial charge in [-0.3, -0.25) is 9.59 Å². The summed E-state index contributed by atoms with van der Waals surface area (Å²) in [5, 5.41) is 2.68. The van der Waals surface area contributed by atoms with Crippen molar-refractivity contribution < 1.29 is 14.3 Å². The molecule has 0 aromatic heterocycles. The van der Waals surface area contributed by atoms with Gasteiger partial charge in [0, 0.05) is 7.11 Å². The van der Waals surface area contributed by atoms with E-state index in [-0.39, 0.29) is 11.8 Å². The van der Waals surface area contributed by atoms with Crippen LogP contribution in [0.4, 0.5) is 0 Å². The van der Waals surface area contributed by atoms with Crippen molar-refractivity contribution in [3.63, 3.8) is 0 Å². The Bertz CT molecular complexity index is 448. The van der Waals surface area contributed by atoms with Crippen LogP contribution in [-0.4, -0.2) is 25.0 Å². The van der Waals surface area contributed by atoms with Crippen LogP contribution in [0.25, 0.3) is 0 Å². The van der Waals surface area contributed by atoms with E-state index in [4.69, 9.17) is 10.5 Å². The predicted molar refractivity (Wildman–Crippen MR) is 76.8 cm³/mol. The van der Waals surface area contributed by atoms with Gasteiger partial charge in [0.2, 0.25) is 5.91 Å². The van der Waals surface area contributed by atoms with E-state index in [0.29, 0.717) is 0 Å². The molecule has 0 radical (unpaired) electrons. The molecule has 5 nitrogen and oxygen atoms in total. The first-order valence-electron chi connectivity index (χ1n) is 6.68. The summed E-state index contributed by atoms with van der Waals surface area (Å²) in [6, 6.07) is 8.43. The SMILES string of the molecule is CC[C@@H](C)[C@H](NC(=O)[C@@H](OC)c1ccccc1)C(N)=O. The number of ether oxygens (including phenoxy) is 1. The molecule has 2 amide bonds. The Morgan fingerprint density at radius 1 is 1.30 bits per heavy atom. The van der Waals surface area contributed by atoms with Crippen LogP contribution in [0.15, 0.2) is 30.3 Å². The molecule has 3 N–H and O–H groups in total. The third kappa shape index (κ3) is 4.06. The lowest BCUT2D eigenvalue weighted by Gasteiger charge is -2.24. The van der Waals surface area contributed by atoms with E-state index in [1.165, 1.54) is 7.11 Å². The molecule has 3 atom stereocenters. The normalized spacial score (nSPS) is 15.2. The standard InChI is InChI=1S/C15H22N2O3/c1-4-10(2)12(14(16)18)17-15(19)13(20-3)11-8-6-5-7-9-11/h5-10,12-13H,4H2,1-3H3,(H2,16,18)(H,17,19)/t10-,12+,13+/m1/s1. The molecular formula is C15H22N2O3. The quantitative estimate of drug-likeness (QED) is 0.790. The number of nitrogens with two attached hydrogens (primary N) is 1. The molecule has 1 aromatic carbocycles. The highest BCUT2D eigenvalue weighted by Crippen LogP contribution is 2.17. The van der Waals surface area contributed by atoms with Crippen LogP contribution in [-0.2, 0) is 14.3 Å². The topological polar surface area (TPSA) is 81.4 Å². The van der Waals surface area contributed by atoms with E-state index < -0.39 is 18.1 Å². The van der Waals surface area contributed by atoms with Gasteiger partial charge in [0.1, 0.15) is 6.04 Å². The minimum Gasteiger partial charge on any atom is -0.368 e. The molecule has 0 saturated carbocycles. The summed E-state index contributed by atoms with van der Waals surface area (Å²) in [5.74, 6) is -0.914. The summed E-state index contributed by atoms with van der Waals surface area (Å²) in [5.41, 5.74) is 6.08. The van der Waals surface area contributed by atoms with Crippen molar-refractivity contribution >= 4 is 11.8 Å². The lowest BCUT2D eigenvalue weighted by Crippen LogP contribution is -2.49. The van der Waals surface area contributed by atoms with E-state index in [9.17, 15) is 9.59 Å². The molecule has 0 aliphatic rings. The third-order valence-corrected chi connectivity index (χ3v) is 3.39. The van der Waals surface area contributed by atoms with Gasteiger partial charge in [-0.2, -0.15) is 0 Å². The maximum absolute atomic E-state index is 12.3. The highest BCUT2D eigenvalue weighted by atomic mass is 16.5. The Morgan fingerprint density at radius 2 is 1.90 bits per heavy atom. The van der Waals surface area contributed by atoms with Crippen LogP contribution in [0.1, 0.15) is 31.9 Å². The van der Waals surface area contributed by atoms with Crippen molar-refractivity contribution in [2.24, 2.45) is 11.7 Å². The zero-order valence-corrected chi connectivity index (χ0v) is 12.1. The molecule has 5 heteroatoms. The Balaban J connectivity index is 2.84. The first-order valence-corrected chi connectivity index (χ1v) is 6.68. The fourth-order valence-corrected chi connectivity index (χ4v) is 1.98. The van der Waals surface area contributed by atoms with Crippen LogP contribution in [0, 0.1) is 5.92 Å². The molecule has 0 fully saturated rings. The number of benzene rings is 1. The van der Waals surface area contributed by atoms with Gasteiger partial charge in [-0.25, -0.2) is 0 Å². The number of primary amides is 1. The van der Waals surface area contributed by atoms with Gasteiger partial charge in [0.15, 0.2) is 6.10 Å². The highest BCUT2D eigenvalue weighted by molar-refractivity contribution is 5.89. The van der Waals surface area contributed by atoms with Crippen molar-refractivity contribution in [1.82, 2.24) is 5.32 Å². The monoisotopic (exact) mass is 278 g/mol. The van der Waals surface area contributed by atoms with E-state index in [2.05, 4.69) is 5.32 Å². The highest BCUT2D eigenvalue weighted by Gasteiger charge is 2.28. The van der Waals surface area contributed by atoms with Gasteiger partial charge in [0.05, 0.1) is 0 Å². The van der Waals surface area contributed by atoms with Crippen molar-refractivity contribution in [2.75, 3.05) is 7.11 Å². The second-order valence-electron chi connectivity index (χ2n) is 4.80. The van der Waals surface area contributed by atoms with E-state index in [1.807, 2.05) is 32.0 Å².